The lowest BCUT2D eigenvalue weighted by Crippen LogP contribution is -2.31. The van der Waals surface area contributed by atoms with E-state index in [-0.39, 0.29) is 30.2 Å². The van der Waals surface area contributed by atoms with Crippen LogP contribution in [0.15, 0.2) is 28.7 Å². The third kappa shape index (κ3) is 4.07. The summed E-state index contributed by atoms with van der Waals surface area (Å²) in [4.78, 5) is 24.9. The Balaban J connectivity index is 1.61. The molecular formula is C20H23NO6. The van der Waals surface area contributed by atoms with E-state index in [1.54, 1.807) is 20.0 Å². The van der Waals surface area contributed by atoms with Gasteiger partial charge in [-0.3, -0.25) is 4.79 Å². The summed E-state index contributed by atoms with van der Waals surface area (Å²) in [5, 5.41) is 9.07. The van der Waals surface area contributed by atoms with E-state index in [1.807, 2.05) is 26.0 Å². The number of benzene rings is 1. The van der Waals surface area contributed by atoms with Gasteiger partial charge in [0.15, 0.2) is 18.1 Å². The first-order chi connectivity index (χ1) is 12.7. The zero-order valence-corrected chi connectivity index (χ0v) is 15.9. The Bertz CT molecular complexity index is 883. The minimum absolute atomic E-state index is 0.0988. The Hall–Kier alpha value is -2.96. The van der Waals surface area contributed by atoms with Crippen LogP contribution in [0.2, 0.25) is 0 Å². The number of ether oxygens (including phenoxy) is 2. The molecule has 27 heavy (non-hydrogen) atoms. The van der Waals surface area contributed by atoms with Crippen LogP contribution >= 0.6 is 0 Å². The molecule has 2 aromatic rings. The van der Waals surface area contributed by atoms with Gasteiger partial charge in [0.05, 0.1) is 6.54 Å². The van der Waals surface area contributed by atoms with Crippen molar-refractivity contribution in [3.63, 3.8) is 0 Å². The monoisotopic (exact) mass is 373 g/mol. The van der Waals surface area contributed by atoms with Gasteiger partial charge in [0, 0.05) is 19.0 Å². The number of nitrogens with zero attached hydrogens (tertiary/aromatic N) is 1. The highest BCUT2D eigenvalue weighted by Crippen LogP contribution is 2.41. The van der Waals surface area contributed by atoms with Gasteiger partial charge in [-0.05, 0) is 32.9 Å². The molecular weight excluding hydrogens is 350 g/mol. The number of aryl methyl sites for hydroxylation is 1. The molecule has 144 valence electrons. The van der Waals surface area contributed by atoms with Gasteiger partial charge in [0.1, 0.15) is 22.7 Å². The van der Waals surface area contributed by atoms with E-state index in [9.17, 15) is 9.59 Å². The Morgan fingerprint density at radius 2 is 2.07 bits per heavy atom. The van der Waals surface area contributed by atoms with Crippen molar-refractivity contribution in [1.82, 2.24) is 4.90 Å². The van der Waals surface area contributed by atoms with Crippen LogP contribution in [-0.2, 0) is 17.8 Å². The Morgan fingerprint density at radius 3 is 2.74 bits per heavy atom. The van der Waals surface area contributed by atoms with Crippen molar-refractivity contribution in [2.24, 2.45) is 0 Å². The topological polar surface area (TPSA) is 89.2 Å². The molecule has 0 saturated heterocycles. The Kier molecular flexibility index (Phi) is 4.87. The normalized spacial score (nSPS) is 14.4. The minimum Gasteiger partial charge on any atom is -0.483 e. The Labute approximate surface area is 157 Å². The zero-order valence-electron chi connectivity index (χ0n) is 15.9. The number of carbonyl (C=O) groups is 2. The molecule has 2 heterocycles. The average molecular weight is 373 g/mol. The van der Waals surface area contributed by atoms with E-state index in [4.69, 9.17) is 19.0 Å². The van der Waals surface area contributed by atoms with Crippen molar-refractivity contribution in [3.05, 3.63) is 46.9 Å². The van der Waals surface area contributed by atoms with Gasteiger partial charge in [0.25, 0.3) is 5.91 Å². The maximum atomic E-state index is 12.4. The summed E-state index contributed by atoms with van der Waals surface area (Å²) in [7, 11) is 1.61. The number of furan rings is 1. The second kappa shape index (κ2) is 6.98. The first kappa shape index (κ1) is 18.8. The third-order valence-corrected chi connectivity index (χ3v) is 4.42. The highest BCUT2D eigenvalue weighted by Gasteiger charge is 2.32. The summed E-state index contributed by atoms with van der Waals surface area (Å²) in [5.74, 6) is 0.643. The van der Waals surface area contributed by atoms with Crippen LogP contribution in [0.4, 0.5) is 0 Å². The van der Waals surface area contributed by atoms with Crippen LogP contribution in [0, 0.1) is 6.92 Å². The summed E-state index contributed by atoms with van der Waals surface area (Å²) in [5.41, 5.74) is 0.869. The van der Waals surface area contributed by atoms with Crippen molar-refractivity contribution < 1.29 is 28.6 Å². The molecule has 0 atom stereocenters. The average Bonchev–Trinajstić information content (AvgIpc) is 3.10. The molecule has 0 radical (unpaired) electrons. The summed E-state index contributed by atoms with van der Waals surface area (Å²) in [6.45, 7) is 5.60. The second-order valence-corrected chi connectivity index (χ2v) is 7.31. The number of likely N-dealkylation sites (N-methyl/N-ethyl adjacent to an activating group) is 1. The first-order valence-corrected chi connectivity index (χ1v) is 8.66. The number of rotatable bonds is 6. The molecule has 1 aromatic heterocycles. The molecule has 0 fully saturated rings. The maximum absolute atomic E-state index is 12.4. The molecule has 1 aliphatic heterocycles. The van der Waals surface area contributed by atoms with Gasteiger partial charge < -0.3 is 23.9 Å². The quantitative estimate of drug-likeness (QED) is 0.837. The van der Waals surface area contributed by atoms with E-state index < -0.39 is 5.97 Å². The van der Waals surface area contributed by atoms with Crippen molar-refractivity contribution >= 4 is 11.9 Å². The maximum Gasteiger partial charge on any atom is 0.339 e. The number of carboxylic acid groups (broad SMARTS) is 1. The molecule has 3 rings (SSSR count). The lowest BCUT2D eigenvalue weighted by molar-refractivity contribution is -0.132. The fourth-order valence-electron chi connectivity index (χ4n) is 3.11. The number of aromatic carboxylic acids is 1. The molecule has 0 unspecified atom stereocenters. The highest BCUT2D eigenvalue weighted by molar-refractivity contribution is 5.88. The summed E-state index contributed by atoms with van der Waals surface area (Å²) in [6.07, 6.45) is 0.789. The van der Waals surface area contributed by atoms with E-state index >= 15 is 0 Å². The predicted molar refractivity (Wildman–Crippen MR) is 97.2 cm³/mol. The van der Waals surface area contributed by atoms with E-state index in [0.29, 0.717) is 23.0 Å². The van der Waals surface area contributed by atoms with Crippen LogP contribution in [-0.4, -0.2) is 41.1 Å². The van der Waals surface area contributed by atoms with Crippen LogP contribution in [0.5, 0.6) is 11.5 Å². The molecule has 1 amide bonds. The standard InChI is InChI=1S/C20H23NO6/c1-12-15(19(23)24)8-14(26-12)10-21(4)17(22)11-25-16-7-5-6-13-9-20(2,3)27-18(13)16/h5-8H,9-11H2,1-4H3,(H,23,24). The molecule has 7 heteroatoms. The largest absolute Gasteiger partial charge is 0.483 e. The fraction of sp³-hybridized carbons (Fsp3) is 0.400. The molecule has 0 saturated carbocycles. The molecule has 0 aliphatic carbocycles. The van der Waals surface area contributed by atoms with E-state index in [0.717, 1.165) is 12.0 Å². The molecule has 1 aliphatic rings. The molecule has 0 bridgehead atoms. The number of hydrogen-bond acceptors (Lipinski definition) is 5. The number of carbonyl (C=O) groups excluding carboxylic acids is 1. The zero-order chi connectivity index (χ0) is 19.8. The van der Waals surface area contributed by atoms with Gasteiger partial charge in [-0.25, -0.2) is 4.79 Å². The smallest absolute Gasteiger partial charge is 0.339 e. The molecule has 1 aromatic carbocycles. The summed E-state index contributed by atoms with van der Waals surface area (Å²) < 4.78 is 17.0. The SMILES string of the molecule is Cc1oc(CN(C)C(=O)COc2cccc3c2OC(C)(C)C3)cc1C(=O)O. The van der Waals surface area contributed by atoms with Crippen LogP contribution in [0.3, 0.4) is 0 Å². The van der Waals surface area contributed by atoms with Crippen molar-refractivity contribution in [1.29, 1.82) is 0 Å². The fourth-order valence-corrected chi connectivity index (χ4v) is 3.11. The van der Waals surface area contributed by atoms with Crippen molar-refractivity contribution in [2.45, 2.75) is 39.3 Å². The Morgan fingerprint density at radius 1 is 1.33 bits per heavy atom. The van der Waals surface area contributed by atoms with Crippen molar-refractivity contribution in [2.75, 3.05) is 13.7 Å². The van der Waals surface area contributed by atoms with Crippen molar-refractivity contribution in [3.8, 4) is 11.5 Å². The highest BCUT2D eigenvalue weighted by atomic mass is 16.5. The summed E-state index contributed by atoms with van der Waals surface area (Å²) in [6, 6.07) is 7.08. The minimum atomic E-state index is -1.05. The van der Waals surface area contributed by atoms with Crippen LogP contribution in [0.1, 0.15) is 41.3 Å². The van der Waals surface area contributed by atoms with E-state index in [1.165, 1.54) is 11.0 Å². The van der Waals surface area contributed by atoms with Crippen LogP contribution < -0.4 is 9.47 Å². The van der Waals surface area contributed by atoms with Gasteiger partial charge in [-0.2, -0.15) is 0 Å². The lowest BCUT2D eigenvalue weighted by atomic mass is 10.0. The van der Waals surface area contributed by atoms with Gasteiger partial charge in [-0.1, -0.05) is 12.1 Å². The lowest BCUT2D eigenvalue weighted by Gasteiger charge is -2.19. The van der Waals surface area contributed by atoms with Gasteiger partial charge in [0.2, 0.25) is 0 Å². The van der Waals surface area contributed by atoms with Gasteiger partial charge >= 0.3 is 5.97 Å². The summed E-state index contributed by atoms with van der Waals surface area (Å²) >= 11 is 0. The second-order valence-electron chi connectivity index (χ2n) is 7.31. The third-order valence-electron chi connectivity index (χ3n) is 4.42. The number of fused-ring (bicyclic) bond motifs is 1. The predicted octanol–water partition coefficient (Wildman–Crippen LogP) is 3.04. The number of amides is 1. The number of hydrogen-bond donors (Lipinski definition) is 1. The number of para-hydroxylation sites is 1. The van der Waals surface area contributed by atoms with Gasteiger partial charge in [-0.15, -0.1) is 0 Å². The van der Waals surface area contributed by atoms with Crippen LogP contribution in [0.25, 0.3) is 0 Å². The molecule has 0 spiro atoms. The van der Waals surface area contributed by atoms with E-state index in [2.05, 4.69) is 0 Å². The molecule has 1 N–H and O–H groups in total. The molecule has 7 nitrogen and oxygen atoms in total. The first-order valence-electron chi connectivity index (χ1n) is 8.66. The number of carboxylic acids is 1.